The number of imide groups is 1. The number of hydrogen-bond acceptors (Lipinski definition) is 8. The van der Waals surface area contributed by atoms with Crippen LogP contribution in [0.1, 0.15) is 26.7 Å². The second-order valence-corrected chi connectivity index (χ2v) is 7.77. The van der Waals surface area contributed by atoms with E-state index in [1.54, 1.807) is 18.2 Å². The molecule has 0 aliphatic rings. The Balaban J connectivity index is 1.60. The molecule has 3 rings (SSSR count). The molecule has 0 aliphatic carbocycles. The number of nitrogens with one attached hydrogen (secondary N) is 1. The maximum absolute atomic E-state index is 12.5. The molecule has 9 nitrogen and oxygen atoms in total. The molecule has 0 bridgehead atoms. The first kappa shape index (κ1) is 20.1. The van der Waals surface area contributed by atoms with Crippen molar-refractivity contribution < 1.29 is 36.4 Å². The maximum Gasteiger partial charge on any atom is 0.375 e. The quantitative estimate of drug-likeness (QED) is 0.577. The van der Waals surface area contributed by atoms with E-state index < -0.39 is 40.0 Å². The van der Waals surface area contributed by atoms with E-state index in [0.717, 1.165) is 6.26 Å². The summed E-state index contributed by atoms with van der Waals surface area (Å²) in [6.07, 6.45) is 2.41. The van der Waals surface area contributed by atoms with E-state index in [1.165, 1.54) is 36.6 Å². The van der Waals surface area contributed by atoms with E-state index in [9.17, 15) is 22.8 Å². The molecule has 150 valence electrons. The Morgan fingerprint density at radius 2 is 1.69 bits per heavy atom. The third-order valence-electron chi connectivity index (χ3n) is 3.71. The van der Waals surface area contributed by atoms with Crippen LogP contribution < -0.4 is 5.32 Å². The third kappa shape index (κ3) is 4.99. The van der Waals surface area contributed by atoms with Crippen LogP contribution in [-0.4, -0.2) is 32.8 Å². The SMILES string of the molecule is O=C(COC(=O)c1occc1CS(=O)(=O)c1ccccc1)NC(=O)c1ccco1. The predicted octanol–water partition coefficient (Wildman–Crippen LogP) is 1.96. The Labute approximate surface area is 165 Å². The lowest BCUT2D eigenvalue weighted by molar-refractivity contribution is -0.123. The van der Waals surface area contributed by atoms with Crippen LogP contribution in [0.25, 0.3) is 0 Å². The van der Waals surface area contributed by atoms with Gasteiger partial charge in [0.2, 0.25) is 5.76 Å². The molecule has 29 heavy (non-hydrogen) atoms. The van der Waals surface area contributed by atoms with Gasteiger partial charge in [0.25, 0.3) is 11.8 Å². The van der Waals surface area contributed by atoms with Crippen molar-refractivity contribution in [2.75, 3.05) is 6.61 Å². The predicted molar refractivity (Wildman–Crippen MR) is 97.5 cm³/mol. The van der Waals surface area contributed by atoms with Crippen molar-refractivity contribution in [3.63, 3.8) is 0 Å². The first-order chi connectivity index (χ1) is 13.9. The van der Waals surface area contributed by atoms with Crippen molar-refractivity contribution in [3.05, 3.63) is 78.1 Å². The van der Waals surface area contributed by atoms with Crippen LogP contribution in [0.4, 0.5) is 0 Å². The van der Waals surface area contributed by atoms with Gasteiger partial charge in [0.15, 0.2) is 22.2 Å². The molecule has 0 atom stereocenters. The summed E-state index contributed by atoms with van der Waals surface area (Å²) in [7, 11) is -3.71. The summed E-state index contributed by atoms with van der Waals surface area (Å²) >= 11 is 0. The summed E-state index contributed by atoms with van der Waals surface area (Å²) in [4.78, 5) is 35.7. The van der Waals surface area contributed by atoms with Crippen molar-refractivity contribution in [1.82, 2.24) is 5.32 Å². The number of sulfone groups is 1. The van der Waals surface area contributed by atoms with Crippen molar-refractivity contribution in [1.29, 1.82) is 0 Å². The Morgan fingerprint density at radius 1 is 0.931 bits per heavy atom. The molecule has 1 N–H and O–H groups in total. The highest BCUT2D eigenvalue weighted by molar-refractivity contribution is 7.90. The van der Waals surface area contributed by atoms with Gasteiger partial charge in [-0.1, -0.05) is 18.2 Å². The molecule has 2 amide bonds. The number of furan rings is 2. The maximum atomic E-state index is 12.5. The molecule has 0 saturated carbocycles. The molecule has 0 radical (unpaired) electrons. The molecule has 0 saturated heterocycles. The topological polar surface area (TPSA) is 133 Å². The summed E-state index contributed by atoms with van der Waals surface area (Å²) < 4.78 is 39.6. The molecule has 1 aromatic carbocycles. The average Bonchev–Trinajstić information content (AvgIpc) is 3.38. The normalized spacial score (nSPS) is 11.0. The number of rotatable bonds is 7. The van der Waals surface area contributed by atoms with Gasteiger partial charge in [-0.15, -0.1) is 0 Å². The number of esters is 1. The van der Waals surface area contributed by atoms with Gasteiger partial charge in [0, 0.05) is 5.56 Å². The van der Waals surface area contributed by atoms with Gasteiger partial charge in [-0.25, -0.2) is 13.2 Å². The highest BCUT2D eigenvalue weighted by Gasteiger charge is 2.24. The highest BCUT2D eigenvalue weighted by Crippen LogP contribution is 2.20. The summed E-state index contributed by atoms with van der Waals surface area (Å²) in [6, 6.07) is 11.9. The molecule has 2 aromatic heterocycles. The number of carbonyl (C=O) groups is 3. The second kappa shape index (κ2) is 8.57. The number of ether oxygens (including phenoxy) is 1. The minimum atomic E-state index is -3.71. The molecular weight excluding hydrogens is 402 g/mol. The Hall–Kier alpha value is -3.66. The van der Waals surface area contributed by atoms with Crippen molar-refractivity contribution in [3.8, 4) is 0 Å². The number of amides is 2. The molecule has 2 heterocycles. The van der Waals surface area contributed by atoms with Gasteiger partial charge in [-0.05, 0) is 30.3 Å². The Kier molecular flexibility index (Phi) is 5.93. The van der Waals surface area contributed by atoms with Crippen LogP contribution in [-0.2, 0) is 25.1 Å². The van der Waals surface area contributed by atoms with E-state index in [0.29, 0.717) is 0 Å². The Morgan fingerprint density at radius 3 is 2.38 bits per heavy atom. The van der Waals surface area contributed by atoms with E-state index in [4.69, 9.17) is 13.6 Å². The summed E-state index contributed by atoms with van der Waals surface area (Å²) in [6.45, 7) is -0.767. The van der Waals surface area contributed by atoms with E-state index >= 15 is 0 Å². The molecule has 0 unspecified atom stereocenters. The summed E-state index contributed by atoms with van der Waals surface area (Å²) in [5, 5.41) is 1.98. The molecule has 0 spiro atoms. The molecule has 0 aliphatic heterocycles. The fourth-order valence-electron chi connectivity index (χ4n) is 2.37. The fourth-order valence-corrected chi connectivity index (χ4v) is 3.75. The fraction of sp³-hybridized carbons (Fsp3) is 0.105. The van der Waals surface area contributed by atoms with Crippen molar-refractivity contribution >= 4 is 27.6 Å². The van der Waals surface area contributed by atoms with Gasteiger partial charge >= 0.3 is 5.97 Å². The summed E-state index contributed by atoms with van der Waals surface area (Å²) in [5.74, 6) is -3.61. The smallest absolute Gasteiger partial charge is 0.375 e. The lowest BCUT2D eigenvalue weighted by Gasteiger charge is -2.06. The van der Waals surface area contributed by atoms with Crippen LogP contribution in [0.3, 0.4) is 0 Å². The zero-order valence-electron chi connectivity index (χ0n) is 14.9. The van der Waals surface area contributed by atoms with Crippen LogP contribution in [0.2, 0.25) is 0 Å². The molecule has 0 fully saturated rings. The van der Waals surface area contributed by atoms with Gasteiger partial charge in [-0.3, -0.25) is 14.9 Å². The minimum Gasteiger partial charge on any atom is -0.459 e. The average molecular weight is 417 g/mol. The van der Waals surface area contributed by atoms with Crippen LogP contribution >= 0.6 is 0 Å². The van der Waals surface area contributed by atoms with Gasteiger partial charge in [-0.2, -0.15) is 0 Å². The van der Waals surface area contributed by atoms with Crippen molar-refractivity contribution in [2.24, 2.45) is 0 Å². The van der Waals surface area contributed by atoms with Crippen LogP contribution in [0, 0.1) is 0 Å². The largest absolute Gasteiger partial charge is 0.459 e. The number of hydrogen-bond donors (Lipinski definition) is 1. The molecule has 3 aromatic rings. The lowest BCUT2D eigenvalue weighted by Crippen LogP contribution is -2.34. The van der Waals surface area contributed by atoms with E-state index in [-0.39, 0.29) is 22.0 Å². The van der Waals surface area contributed by atoms with E-state index in [1.807, 2.05) is 5.32 Å². The lowest BCUT2D eigenvalue weighted by atomic mass is 10.3. The highest BCUT2D eigenvalue weighted by atomic mass is 32.2. The Bertz CT molecular complexity index is 1110. The van der Waals surface area contributed by atoms with E-state index in [2.05, 4.69) is 0 Å². The first-order valence-corrected chi connectivity index (χ1v) is 9.91. The van der Waals surface area contributed by atoms with Crippen LogP contribution in [0.5, 0.6) is 0 Å². The zero-order valence-corrected chi connectivity index (χ0v) is 15.7. The molecular formula is C19H15NO8S. The standard InChI is InChI=1S/C19H15NO8S/c21-16(20-18(22)15-7-4-9-26-15)11-28-19(23)17-13(8-10-27-17)12-29(24,25)14-5-2-1-3-6-14/h1-10H,11-12H2,(H,20,21,22). The van der Waals surface area contributed by atoms with Gasteiger partial charge < -0.3 is 13.6 Å². The molecule has 10 heteroatoms. The number of benzene rings is 1. The van der Waals surface area contributed by atoms with Crippen LogP contribution in [0.15, 0.2) is 74.8 Å². The minimum absolute atomic E-state index is 0.0795. The summed E-state index contributed by atoms with van der Waals surface area (Å²) in [5.41, 5.74) is 0.0888. The number of carbonyl (C=O) groups excluding carboxylic acids is 3. The van der Waals surface area contributed by atoms with Crippen molar-refractivity contribution in [2.45, 2.75) is 10.6 Å². The first-order valence-electron chi connectivity index (χ1n) is 8.26. The zero-order chi connectivity index (χ0) is 20.9. The third-order valence-corrected chi connectivity index (χ3v) is 5.39. The second-order valence-electron chi connectivity index (χ2n) is 5.78. The monoisotopic (exact) mass is 417 g/mol. The van der Waals surface area contributed by atoms with Gasteiger partial charge in [0.05, 0.1) is 23.2 Å². The van der Waals surface area contributed by atoms with Gasteiger partial charge in [0.1, 0.15) is 0 Å².